The van der Waals surface area contributed by atoms with Gasteiger partial charge in [0.25, 0.3) is 5.91 Å². The summed E-state index contributed by atoms with van der Waals surface area (Å²) in [4.78, 5) is 12.5. The predicted octanol–water partition coefficient (Wildman–Crippen LogP) is 2.98. The Labute approximate surface area is 148 Å². The van der Waals surface area contributed by atoms with Gasteiger partial charge in [-0.1, -0.05) is 6.07 Å². The second kappa shape index (κ2) is 7.67. The van der Waals surface area contributed by atoms with E-state index in [2.05, 4.69) is 5.32 Å². The second-order valence-electron chi connectivity index (χ2n) is 5.83. The van der Waals surface area contributed by atoms with Crippen LogP contribution in [-0.4, -0.2) is 38.8 Å². The van der Waals surface area contributed by atoms with E-state index in [1.807, 2.05) is 0 Å². The Hall–Kier alpha value is -2.38. The first-order valence-electron chi connectivity index (χ1n) is 7.79. The maximum Gasteiger partial charge on any atom is 0.255 e. The molecule has 0 fully saturated rings. The number of carbonyl (C=O) groups is 1. The lowest BCUT2D eigenvalue weighted by Gasteiger charge is -2.21. The molecule has 6 nitrogen and oxygen atoms in total. The van der Waals surface area contributed by atoms with Crippen LogP contribution in [0.4, 0.5) is 5.69 Å². The van der Waals surface area contributed by atoms with Crippen molar-refractivity contribution in [2.24, 2.45) is 0 Å². The van der Waals surface area contributed by atoms with Gasteiger partial charge in [0.15, 0.2) is 0 Å². The van der Waals surface area contributed by atoms with Gasteiger partial charge in [-0.15, -0.1) is 0 Å². The zero-order chi connectivity index (χ0) is 18.6. The lowest BCUT2D eigenvalue weighted by Crippen LogP contribution is -2.33. The van der Waals surface area contributed by atoms with Gasteiger partial charge in [-0.3, -0.25) is 4.79 Å². The maximum atomic E-state index is 12.4. The van der Waals surface area contributed by atoms with Crippen LogP contribution in [-0.2, 0) is 10.0 Å². The zero-order valence-electron chi connectivity index (χ0n) is 14.7. The SMILES string of the molecule is COc1cccc(C(=O)Nc2ccc(S(=O)(=O)N(C)C(C)C)cc2)c1. The Balaban J connectivity index is 2.16. The van der Waals surface area contributed by atoms with Gasteiger partial charge in [0.1, 0.15) is 5.75 Å². The van der Waals surface area contributed by atoms with E-state index in [4.69, 9.17) is 4.74 Å². The number of anilines is 1. The molecule has 134 valence electrons. The number of benzene rings is 2. The number of ether oxygens (including phenoxy) is 1. The third kappa shape index (κ3) is 4.37. The quantitative estimate of drug-likeness (QED) is 0.857. The Kier molecular flexibility index (Phi) is 5.81. The Morgan fingerprint density at radius 1 is 1.12 bits per heavy atom. The average molecular weight is 362 g/mol. The van der Waals surface area contributed by atoms with Gasteiger partial charge in [-0.2, -0.15) is 4.31 Å². The molecule has 0 heterocycles. The van der Waals surface area contributed by atoms with Gasteiger partial charge in [-0.25, -0.2) is 8.42 Å². The first kappa shape index (κ1) is 19.0. The molecule has 2 rings (SSSR count). The number of nitrogens with one attached hydrogen (secondary N) is 1. The molecule has 0 atom stereocenters. The summed E-state index contributed by atoms with van der Waals surface area (Å²) in [5, 5.41) is 2.74. The van der Waals surface area contributed by atoms with E-state index in [1.54, 1.807) is 57.3 Å². The minimum atomic E-state index is -3.54. The van der Waals surface area contributed by atoms with Crippen molar-refractivity contribution in [1.82, 2.24) is 4.31 Å². The molecule has 1 amide bonds. The van der Waals surface area contributed by atoms with E-state index in [0.717, 1.165) is 0 Å². The minimum absolute atomic E-state index is 0.141. The molecule has 0 spiro atoms. The topological polar surface area (TPSA) is 75.7 Å². The molecular weight excluding hydrogens is 340 g/mol. The molecule has 0 bridgehead atoms. The third-order valence-corrected chi connectivity index (χ3v) is 5.90. The van der Waals surface area contributed by atoms with Gasteiger partial charge in [0, 0.05) is 24.3 Å². The van der Waals surface area contributed by atoms with Gasteiger partial charge in [-0.05, 0) is 56.3 Å². The lowest BCUT2D eigenvalue weighted by atomic mass is 10.2. The van der Waals surface area contributed by atoms with E-state index >= 15 is 0 Å². The molecule has 25 heavy (non-hydrogen) atoms. The van der Waals surface area contributed by atoms with E-state index in [1.165, 1.54) is 23.5 Å². The van der Waals surface area contributed by atoms with Gasteiger partial charge in [0.05, 0.1) is 12.0 Å². The fourth-order valence-electron chi connectivity index (χ4n) is 2.12. The Bertz CT molecular complexity index is 846. The van der Waals surface area contributed by atoms with Crippen LogP contribution in [0.25, 0.3) is 0 Å². The van der Waals surface area contributed by atoms with Gasteiger partial charge in [0.2, 0.25) is 10.0 Å². The van der Waals surface area contributed by atoms with Gasteiger partial charge >= 0.3 is 0 Å². The van der Waals surface area contributed by atoms with Crippen LogP contribution in [0.1, 0.15) is 24.2 Å². The first-order valence-corrected chi connectivity index (χ1v) is 9.23. The Morgan fingerprint density at radius 2 is 1.76 bits per heavy atom. The fourth-order valence-corrected chi connectivity index (χ4v) is 3.49. The van der Waals surface area contributed by atoms with Crippen LogP contribution in [0, 0.1) is 0 Å². The number of hydrogen-bond acceptors (Lipinski definition) is 4. The summed E-state index contributed by atoms with van der Waals surface area (Å²) >= 11 is 0. The maximum absolute atomic E-state index is 12.4. The Morgan fingerprint density at radius 3 is 2.32 bits per heavy atom. The highest BCUT2D eigenvalue weighted by molar-refractivity contribution is 7.89. The number of rotatable bonds is 6. The van der Waals surface area contributed by atoms with Crippen LogP contribution in [0.2, 0.25) is 0 Å². The van der Waals surface area contributed by atoms with Crippen molar-refractivity contribution in [3.63, 3.8) is 0 Å². The predicted molar refractivity (Wildman–Crippen MR) is 97.5 cm³/mol. The van der Waals surface area contributed by atoms with Crippen molar-refractivity contribution >= 4 is 21.6 Å². The minimum Gasteiger partial charge on any atom is -0.497 e. The van der Waals surface area contributed by atoms with E-state index in [-0.39, 0.29) is 16.8 Å². The van der Waals surface area contributed by atoms with Crippen LogP contribution in [0.3, 0.4) is 0 Å². The highest BCUT2D eigenvalue weighted by Crippen LogP contribution is 2.20. The molecule has 0 aliphatic heterocycles. The number of hydrogen-bond donors (Lipinski definition) is 1. The molecule has 0 aliphatic carbocycles. The zero-order valence-corrected chi connectivity index (χ0v) is 15.5. The normalized spacial score (nSPS) is 11.6. The molecule has 0 unspecified atom stereocenters. The van der Waals surface area contributed by atoms with E-state index < -0.39 is 10.0 Å². The van der Waals surface area contributed by atoms with Crippen molar-refractivity contribution in [2.45, 2.75) is 24.8 Å². The molecule has 1 N–H and O–H groups in total. The first-order chi connectivity index (χ1) is 11.8. The second-order valence-corrected chi connectivity index (χ2v) is 7.82. The standard InChI is InChI=1S/C18H22N2O4S/c1-13(2)20(3)25(22,23)17-10-8-15(9-11-17)19-18(21)14-6-5-7-16(12-14)24-4/h5-13H,1-4H3,(H,19,21). The summed E-state index contributed by atoms with van der Waals surface area (Å²) < 4.78 is 31.2. The summed E-state index contributed by atoms with van der Waals surface area (Å²) in [5.41, 5.74) is 0.967. The molecule has 0 saturated heterocycles. The summed E-state index contributed by atoms with van der Waals surface area (Å²) in [7, 11) is -0.468. The lowest BCUT2D eigenvalue weighted by molar-refractivity contribution is 0.102. The molecule has 0 radical (unpaired) electrons. The average Bonchev–Trinajstić information content (AvgIpc) is 2.61. The number of amides is 1. The molecule has 0 aromatic heterocycles. The molecule has 2 aromatic rings. The van der Waals surface area contributed by atoms with Crippen molar-refractivity contribution in [1.29, 1.82) is 0 Å². The van der Waals surface area contributed by atoms with Crippen LogP contribution in [0.5, 0.6) is 5.75 Å². The van der Waals surface area contributed by atoms with Crippen molar-refractivity contribution in [2.75, 3.05) is 19.5 Å². The fraction of sp³-hybridized carbons (Fsp3) is 0.278. The highest BCUT2D eigenvalue weighted by atomic mass is 32.2. The smallest absolute Gasteiger partial charge is 0.255 e. The van der Waals surface area contributed by atoms with Crippen LogP contribution >= 0.6 is 0 Å². The van der Waals surface area contributed by atoms with Gasteiger partial charge < -0.3 is 10.1 Å². The van der Waals surface area contributed by atoms with Crippen LogP contribution < -0.4 is 10.1 Å². The summed E-state index contributed by atoms with van der Waals surface area (Å²) in [6.45, 7) is 3.61. The summed E-state index contributed by atoms with van der Waals surface area (Å²) in [6.07, 6.45) is 0. The molecule has 0 saturated carbocycles. The van der Waals surface area contributed by atoms with Crippen molar-refractivity contribution < 1.29 is 17.9 Å². The van der Waals surface area contributed by atoms with Crippen molar-refractivity contribution in [3.05, 3.63) is 54.1 Å². The summed E-state index contributed by atoms with van der Waals surface area (Å²) in [5.74, 6) is 0.291. The number of methoxy groups -OCH3 is 1. The molecule has 7 heteroatoms. The molecule has 0 aliphatic rings. The third-order valence-electron chi connectivity index (χ3n) is 3.85. The molecular formula is C18H22N2O4S. The van der Waals surface area contributed by atoms with Crippen molar-refractivity contribution in [3.8, 4) is 5.75 Å². The van der Waals surface area contributed by atoms with E-state index in [0.29, 0.717) is 17.0 Å². The highest BCUT2D eigenvalue weighted by Gasteiger charge is 2.22. The van der Waals surface area contributed by atoms with E-state index in [9.17, 15) is 13.2 Å². The number of sulfonamides is 1. The monoisotopic (exact) mass is 362 g/mol. The van der Waals surface area contributed by atoms with Crippen LogP contribution in [0.15, 0.2) is 53.4 Å². The molecule has 2 aromatic carbocycles. The number of nitrogens with zero attached hydrogens (tertiary/aromatic N) is 1. The summed E-state index contributed by atoms with van der Waals surface area (Å²) in [6, 6.07) is 12.7. The largest absolute Gasteiger partial charge is 0.497 e. The number of carbonyl (C=O) groups excluding carboxylic acids is 1.